The molecule has 1 fully saturated rings. The molecule has 2 heterocycles. The van der Waals surface area contributed by atoms with Crippen molar-refractivity contribution in [2.45, 2.75) is 44.6 Å². The Labute approximate surface area is 128 Å². The zero-order valence-corrected chi connectivity index (χ0v) is 12.7. The second-order valence-corrected chi connectivity index (χ2v) is 5.64. The summed E-state index contributed by atoms with van der Waals surface area (Å²) in [5.74, 6) is 0.982. The van der Waals surface area contributed by atoms with E-state index in [2.05, 4.69) is 29.9 Å². The lowest BCUT2D eigenvalue weighted by Gasteiger charge is -2.27. The van der Waals surface area contributed by atoms with Crippen molar-refractivity contribution < 1.29 is 0 Å². The second kappa shape index (κ2) is 6.34. The molecule has 0 aromatic carbocycles. The van der Waals surface area contributed by atoms with Gasteiger partial charge in [0.25, 0.3) is 5.95 Å². The summed E-state index contributed by atoms with van der Waals surface area (Å²) in [5.41, 5.74) is 0. The molecule has 2 aromatic rings. The molecule has 0 aliphatic heterocycles. The first-order valence-electron chi connectivity index (χ1n) is 7.23. The van der Waals surface area contributed by atoms with E-state index in [1.807, 2.05) is 7.05 Å². The van der Waals surface area contributed by atoms with Crippen LogP contribution >= 0.6 is 11.6 Å². The highest BCUT2D eigenvalue weighted by Crippen LogP contribution is 2.24. The van der Waals surface area contributed by atoms with Gasteiger partial charge in [-0.2, -0.15) is 24.7 Å². The number of rotatable bonds is 3. The molecule has 0 bridgehead atoms. The van der Waals surface area contributed by atoms with E-state index in [0.717, 1.165) is 0 Å². The van der Waals surface area contributed by atoms with E-state index in [-0.39, 0.29) is 5.28 Å². The summed E-state index contributed by atoms with van der Waals surface area (Å²) in [4.78, 5) is 18.8. The summed E-state index contributed by atoms with van der Waals surface area (Å²) in [5, 5.41) is 4.20. The second-order valence-electron chi connectivity index (χ2n) is 5.30. The molecule has 1 aliphatic carbocycles. The lowest BCUT2D eigenvalue weighted by molar-refractivity contribution is 0.543. The van der Waals surface area contributed by atoms with Gasteiger partial charge in [0, 0.05) is 13.1 Å². The number of anilines is 1. The van der Waals surface area contributed by atoms with Crippen LogP contribution < -0.4 is 4.90 Å². The van der Waals surface area contributed by atoms with Crippen LogP contribution in [0.4, 0.5) is 5.95 Å². The van der Waals surface area contributed by atoms with Crippen LogP contribution in [-0.4, -0.2) is 42.8 Å². The fourth-order valence-corrected chi connectivity index (χ4v) is 2.86. The average molecular weight is 308 g/mol. The molecule has 0 amide bonds. The molecule has 0 spiro atoms. The molecular weight excluding hydrogens is 290 g/mol. The van der Waals surface area contributed by atoms with E-state index in [0.29, 0.717) is 17.9 Å². The molecule has 2 aromatic heterocycles. The standard InChI is InChI=1S/C13H18ClN7/c1-20(10-6-4-2-3-5-7-10)12-17-11(14)18-13(19-12)21-9-15-8-16-21/h8-10H,2-7H2,1H3. The van der Waals surface area contributed by atoms with Gasteiger partial charge in [0.15, 0.2) is 0 Å². The number of aromatic nitrogens is 6. The zero-order chi connectivity index (χ0) is 14.7. The Morgan fingerprint density at radius 1 is 1.14 bits per heavy atom. The van der Waals surface area contributed by atoms with Crippen LogP contribution in [0.2, 0.25) is 5.28 Å². The van der Waals surface area contributed by atoms with Crippen LogP contribution in [0.15, 0.2) is 12.7 Å². The highest BCUT2D eigenvalue weighted by atomic mass is 35.5. The Kier molecular flexibility index (Phi) is 4.28. The maximum atomic E-state index is 6.03. The molecular formula is C13H18ClN7. The molecule has 0 unspecified atom stereocenters. The van der Waals surface area contributed by atoms with Gasteiger partial charge < -0.3 is 4.90 Å². The van der Waals surface area contributed by atoms with Gasteiger partial charge >= 0.3 is 0 Å². The van der Waals surface area contributed by atoms with Crippen molar-refractivity contribution in [3.8, 4) is 5.95 Å². The summed E-state index contributed by atoms with van der Waals surface area (Å²) < 4.78 is 1.48. The van der Waals surface area contributed by atoms with Gasteiger partial charge in [0.05, 0.1) is 0 Å². The van der Waals surface area contributed by atoms with Gasteiger partial charge in [0.1, 0.15) is 12.7 Å². The Hall–Kier alpha value is -1.76. The van der Waals surface area contributed by atoms with E-state index >= 15 is 0 Å². The lowest BCUT2D eigenvalue weighted by Crippen LogP contribution is -2.33. The fraction of sp³-hybridized carbons (Fsp3) is 0.615. The van der Waals surface area contributed by atoms with Crippen molar-refractivity contribution in [1.29, 1.82) is 0 Å². The summed E-state index contributed by atoms with van der Waals surface area (Å²) >= 11 is 6.03. The van der Waals surface area contributed by atoms with Gasteiger partial charge in [-0.05, 0) is 24.4 Å². The number of hydrogen-bond acceptors (Lipinski definition) is 6. The van der Waals surface area contributed by atoms with E-state index in [4.69, 9.17) is 11.6 Å². The monoisotopic (exact) mass is 307 g/mol. The first kappa shape index (κ1) is 14.2. The SMILES string of the molecule is CN(c1nc(Cl)nc(-n2cncn2)n1)C1CCCCCC1. The van der Waals surface area contributed by atoms with Gasteiger partial charge in [-0.1, -0.05) is 25.7 Å². The van der Waals surface area contributed by atoms with Crippen LogP contribution in [0.25, 0.3) is 5.95 Å². The third-order valence-corrected chi connectivity index (χ3v) is 4.07. The third kappa shape index (κ3) is 3.29. The molecule has 7 nitrogen and oxygen atoms in total. The van der Waals surface area contributed by atoms with E-state index in [1.165, 1.54) is 49.5 Å². The number of hydrogen-bond donors (Lipinski definition) is 0. The van der Waals surface area contributed by atoms with Crippen molar-refractivity contribution in [2.75, 3.05) is 11.9 Å². The molecule has 21 heavy (non-hydrogen) atoms. The van der Waals surface area contributed by atoms with E-state index in [9.17, 15) is 0 Å². The Morgan fingerprint density at radius 3 is 2.57 bits per heavy atom. The summed E-state index contributed by atoms with van der Waals surface area (Å²) in [6.45, 7) is 0. The highest BCUT2D eigenvalue weighted by Gasteiger charge is 2.20. The van der Waals surface area contributed by atoms with Crippen molar-refractivity contribution in [2.24, 2.45) is 0 Å². The minimum atomic E-state index is 0.172. The minimum absolute atomic E-state index is 0.172. The first-order chi connectivity index (χ1) is 10.2. The van der Waals surface area contributed by atoms with Crippen LogP contribution in [0, 0.1) is 0 Å². The van der Waals surface area contributed by atoms with Gasteiger partial charge in [0.2, 0.25) is 11.2 Å². The van der Waals surface area contributed by atoms with E-state index in [1.54, 1.807) is 6.33 Å². The average Bonchev–Trinajstić information content (AvgIpc) is 2.89. The summed E-state index contributed by atoms with van der Waals surface area (Å²) in [6, 6.07) is 0.453. The maximum Gasteiger partial charge on any atom is 0.258 e. The molecule has 0 saturated heterocycles. The molecule has 0 atom stereocenters. The molecule has 112 valence electrons. The van der Waals surface area contributed by atoms with Crippen LogP contribution in [0.5, 0.6) is 0 Å². The van der Waals surface area contributed by atoms with Crippen molar-refractivity contribution in [3.63, 3.8) is 0 Å². The molecule has 0 radical (unpaired) electrons. The molecule has 8 heteroatoms. The van der Waals surface area contributed by atoms with Crippen molar-refractivity contribution in [3.05, 3.63) is 17.9 Å². The first-order valence-corrected chi connectivity index (χ1v) is 7.61. The largest absolute Gasteiger partial charge is 0.341 e. The van der Waals surface area contributed by atoms with Crippen LogP contribution in [-0.2, 0) is 0 Å². The lowest BCUT2D eigenvalue weighted by atomic mass is 10.1. The predicted octanol–water partition coefficient (Wildman–Crippen LogP) is 2.26. The molecule has 0 N–H and O–H groups in total. The van der Waals surface area contributed by atoms with Gasteiger partial charge in [-0.25, -0.2) is 4.98 Å². The molecule has 1 aliphatic rings. The zero-order valence-electron chi connectivity index (χ0n) is 12.0. The highest BCUT2D eigenvalue weighted by molar-refractivity contribution is 6.28. The van der Waals surface area contributed by atoms with Gasteiger partial charge in [-0.3, -0.25) is 0 Å². The van der Waals surface area contributed by atoms with Crippen molar-refractivity contribution >= 4 is 17.5 Å². The number of nitrogens with zero attached hydrogens (tertiary/aromatic N) is 7. The Morgan fingerprint density at radius 2 is 1.90 bits per heavy atom. The maximum absolute atomic E-state index is 6.03. The molecule has 1 saturated carbocycles. The summed E-state index contributed by atoms with van der Waals surface area (Å²) in [6.07, 6.45) is 10.4. The number of halogens is 1. The summed E-state index contributed by atoms with van der Waals surface area (Å²) in [7, 11) is 2.02. The topological polar surface area (TPSA) is 72.6 Å². The van der Waals surface area contributed by atoms with Crippen LogP contribution in [0.3, 0.4) is 0 Å². The fourth-order valence-electron chi connectivity index (χ4n) is 2.71. The smallest absolute Gasteiger partial charge is 0.258 e. The minimum Gasteiger partial charge on any atom is -0.341 e. The molecule has 3 rings (SSSR count). The normalized spacial score (nSPS) is 16.7. The van der Waals surface area contributed by atoms with Crippen LogP contribution in [0.1, 0.15) is 38.5 Å². The van der Waals surface area contributed by atoms with Gasteiger partial charge in [-0.15, -0.1) is 0 Å². The third-order valence-electron chi connectivity index (χ3n) is 3.90. The Balaban J connectivity index is 1.87. The predicted molar refractivity (Wildman–Crippen MR) is 79.6 cm³/mol. The van der Waals surface area contributed by atoms with E-state index < -0.39 is 0 Å². The quantitative estimate of drug-likeness (QED) is 0.810. The Bertz CT molecular complexity index is 578. The van der Waals surface area contributed by atoms with Crippen molar-refractivity contribution in [1.82, 2.24) is 29.7 Å².